The summed E-state index contributed by atoms with van der Waals surface area (Å²) < 4.78 is 5.97. The maximum absolute atomic E-state index is 12.6. The zero-order chi connectivity index (χ0) is 25.9. The molecular formula is C31H41NO4. The van der Waals surface area contributed by atoms with Crippen LogP contribution in [0.1, 0.15) is 92.3 Å². The number of amides is 1. The number of fused-ring (bicyclic) bond motifs is 5. The highest BCUT2D eigenvalue weighted by atomic mass is 16.5. The van der Waals surface area contributed by atoms with Crippen LogP contribution in [0.2, 0.25) is 0 Å². The lowest BCUT2D eigenvalue weighted by Crippen LogP contribution is -2.45. The van der Waals surface area contributed by atoms with Crippen molar-refractivity contribution < 1.29 is 19.4 Å². The Bertz CT molecular complexity index is 1080. The van der Waals surface area contributed by atoms with E-state index in [2.05, 4.69) is 32.2 Å². The molecule has 0 saturated heterocycles. The highest BCUT2D eigenvalue weighted by molar-refractivity contribution is 5.95. The Balaban J connectivity index is 0.000000967. The zero-order valence-corrected chi connectivity index (χ0v) is 22.2. The Morgan fingerprint density at radius 1 is 1.06 bits per heavy atom. The molecule has 3 aliphatic carbocycles. The van der Waals surface area contributed by atoms with Gasteiger partial charge in [-0.05, 0) is 98.6 Å². The van der Waals surface area contributed by atoms with Gasteiger partial charge in [0.25, 0.3) is 5.91 Å². The molecular weight excluding hydrogens is 450 g/mol. The van der Waals surface area contributed by atoms with Gasteiger partial charge in [0, 0.05) is 11.0 Å². The lowest BCUT2D eigenvalue weighted by molar-refractivity contribution is -0.156. The average molecular weight is 492 g/mol. The van der Waals surface area contributed by atoms with Crippen molar-refractivity contribution in [1.29, 1.82) is 0 Å². The highest BCUT2D eigenvalue weighted by Crippen LogP contribution is 2.61. The van der Waals surface area contributed by atoms with E-state index in [1.54, 1.807) is 12.1 Å². The molecule has 3 aliphatic rings. The van der Waals surface area contributed by atoms with Crippen LogP contribution < -0.4 is 5.32 Å². The number of esters is 1. The maximum Gasteiger partial charge on any atom is 0.325 e. The Morgan fingerprint density at radius 2 is 1.78 bits per heavy atom. The van der Waals surface area contributed by atoms with E-state index in [-0.39, 0.29) is 29.9 Å². The van der Waals surface area contributed by atoms with Crippen molar-refractivity contribution in [2.24, 2.45) is 17.3 Å². The van der Waals surface area contributed by atoms with E-state index in [0.717, 1.165) is 44.1 Å². The molecule has 0 spiro atoms. The molecule has 2 aromatic rings. The third-order valence-electron chi connectivity index (χ3n) is 8.60. The molecule has 0 heterocycles. The van der Waals surface area contributed by atoms with Crippen LogP contribution in [0, 0.1) is 24.2 Å². The van der Waals surface area contributed by atoms with Crippen LogP contribution in [0.4, 0.5) is 0 Å². The molecule has 2 N–H and O–H groups in total. The number of hydrogen-bond acceptors (Lipinski definition) is 4. The van der Waals surface area contributed by atoms with Crippen molar-refractivity contribution in [2.45, 2.75) is 84.7 Å². The first-order valence-electron chi connectivity index (χ1n) is 13.6. The van der Waals surface area contributed by atoms with Crippen LogP contribution in [0.5, 0.6) is 5.75 Å². The molecule has 5 nitrogen and oxygen atoms in total. The molecule has 5 rings (SSSR count). The van der Waals surface area contributed by atoms with Gasteiger partial charge in [-0.2, -0.15) is 0 Å². The Morgan fingerprint density at radius 3 is 2.50 bits per heavy atom. The number of nitrogens with one attached hydrogen (secondary N) is 1. The van der Waals surface area contributed by atoms with Gasteiger partial charge >= 0.3 is 5.97 Å². The van der Waals surface area contributed by atoms with Crippen LogP contribution >= 0.6 is 0 Å². The van der Waals surface area contributed by atoms with Crippen LogP contribution in [-0.4, -0.2) is 29.6 Å². The summed E-state index contributed by atoms with van der Waals surface area (Å²) in [5.74, 6) is 1.43. The van der Waals surface area contributed by atoms with Gasteiger partial charge in [0.05, 0.1) is 0 Å². The number of aromatic hydroxyl groups is 1. The Kier molecular flexibility index (Phi) is 8.07. The van der Waals surface area contributed by atoms with E-state index in [1.165, 1.54) is 17.5 Å². The van der Waals surface area contributed by atoms with Crippen LogP contribution in [-0.2, 0) is 16.0 Å². The van der Waals surface area contributed by atoms with Crippen molar-refractivity contribution >= 4 is 11.9 Å². The van der Waals surface area contributed by atoms with Gasteiger partial charge in [-0.15, -0.1) is 0 Å². The summed E-state index contributed by atoms with van der Waals surface area (Å²) in [5, 5.41) is 12.6. The second kappa shape index (κ2) is 11.1. The molecule has 0 radical (unpaired) electrons. The molecule has 5 heteroatoms. The molecule has 194 valence electrons. The number of benzene rings is 2. The van der Waals surface area contributed by atoms with Gasteiger partial charge in [0.2, 0.25) is 0 Å². The molecule has 36 heavy (non-hydrogen) atoms. The summed E-state index contributed by atoms with van der Waals surface area (Å²) in [6.07, 6.45) is 7.40. The molecule has 2 fully saturated rings. The van der Waals surface area contributed by atoms with Gasteiger partial charge in [0.15, 0.2) is 0 Å². The van der Waals surface area contributed by atoms with E-state index in [1.807, 2.05) is 31.2 Å². The second-order valence-electron chi connectivity index (χ2n) is 11.2. The van der Waals surface area contributed by atoms with Crippen LogP contribution in [0.3, 0.4) is 0 Å². The number of phenolic OH excluding ortho intramolecular Hbond substituents is 1. The lowest BCUT2D eigenvalue weighted by atomic mass is 9.55. The van der Waals surface area contributed by atoms with Crippen molar-refractivity contribution in [2.75, 3.05) is 6.54 Å². The number of phenols is 1. The predicted octanol–water partition coefficient (Wildman–Crippen LogP) is 6.31. The molecule has 5 atom stereocenters. The van der Waals surface area contributed by atoms with Crippen LogP contribution in [0.15, 0.2) is 42.5 Å². The van der Waals surface area contributed by atoms with E-state index in [4.69, 9.17) is 4.74 Å². The standard InChI is InChI=1S/C28H33NO4.C3H8/c1-17-3-5-18(6-4-17)27(32)29-16-26(31)33-25-12-11-24-23-9-7-19-15-20(30)8-10-21(19)22(23)13-14-28(24,25)2;1-3-2/h3-6,8,10,15,22-25,30H,7,9,11-14,16H2,1-2H3,(H,29,32);3H2,1-2H3/t22?,23?,24?,25-,28-;/m0./s1. The fourth-order valence-electron chi connectivity index (χ4n) is 6.87. The zero-order valence-electron chi connectivity index (χ0n) is 22.2. The summed E-state index contributed by atoms with van der Waals surface area (Å²) in [5.41, 5.74) is 4.33. The van der Waals surface area contributed by atoms with Crippen molar-refractivity contribution in [3.63, 3.8) is 0 Å². The molecule has 3 unspecified atom stereocenters. The van der Waals surface area contributed by atoms with Gasteiger partial charge in [0.1, 0.15) is 18.4 Å². The number of rotatable bonds is 4. The summed E-state index contributed by atoms with van der Waals surface area (Å²) >= 11 is 0. The van der Waals surface area contributed by atoms with Gasteiger partial charge in [-0.3, -0.25) is 9.59 Å². The number of aryl methyl sites for hydroxylation is 2. The van der Waals surface area contributed by atoms with E-state index < -0.39 is 0 Å². The van der Waals surface area contributed by atoms with Crippen molar-refractivity contribution in [1.82, 2.24) is 5.32 Å². The van der Waals surface area contributed by atoms with Crippen molar-refractivity contribution in [3.8, 4) is 5.75 Å². The average Bonchev–Trinajstić information content (AvgIpc) is 3.19. The quantitative estimate of drug-likeness (QED) is 0.491. The maximum atomic E-state index is 12.6. The summed E-state index contributed by atoms with van der Waals surface area (Å²) in [4.78, 5) is 25.0. The van der Waals surface area contributed by atoms with Gasteiger partial charge < -0.3 is 15.2 Å². The fourth-order valence-corrected chi connectivity index (χ4v) is 6.87. The molecule has 2 aromatic carbocycles. The van der Waals surface area contributed by atoms with Crippen molar-refractivity contribution in [3.05, 3.63) is 64.7 Å². The highest BCUT2D eigenvalue weighted by Gasteiger charge is 2.56. The third-order valence-corrected chi connectivity index (χ3v) is 8.60. The van der Waals surface area contributed by atoms with E-state index in [0.29, 0.717) is 29.1 Å². The number of carbonyl (C=O) groups excluding carboxylic acids is 2. The van der Waals surface area contributed by atoms with Crippen LogP contribution in [0.25, 0.3) is 0 Å². The number of ether oxygens (including phenoxy) is 1. The topological polar surface area (TPSA) is 75.6 Å². The monoisotopic (exact) mass is 491 g/mol. The first-order chi connectivity index (χ1) is 17.3. The molecule has 2 saturated carbocycles. The molecule has 0 aromatic heterocycles. The first kappa shape index (κ1) is 26.2. The third kappa shape index (κ3) is 5.30. The number of carbonyl (C=O) groups is 2. The van der Waals surface area contributed by atoms with E-state index >= 15 is 0 Å². The minimum absolute atomic E-state index is 0.00772. The van der Waals surface area contributed by atoms with Gasteiger partial charge in [-0.25, -0.2) is 0 Å². The van der Waals surface area contributed by atoms with Gasteiger partial charge in [-0.1, -0.05) is 51.0 Å². The number of hydrogen-bond donors (Lipinski definition) is 2. The smallest absolute Gasteiger partial charge is 0.325 e. The fraction of sp³-hybridized carbons (Fsp3) is 0.548. The minimum Gasteiger partial charge on any atom is -0.508 e. The Hall–Kier alpha value is -2.82. The predicted molar refractivity (Wildman–Crippen MR) is 142 cm³/mol. The molecule has 0 bridgehead atoms. The van der Waals surface area contributed by atoms with E-state index in [9.17, 15) is 14.7 Å². The molecule has 1 amide bonds. The SMILES string of the molecule is CCC.Cc1ccc(C(=O)NCC(=O)O[C@H]2CCC3C4CCc5cc(O)ccc5C4CC[C@@]32C)cc1. The largest absolute Gasteiger partial charge is 0.508 e. The normalized spacial score (nSPS) is 28.0. The summed E-state index contributed by atoms with van der Waals surface area (Å²) in [7, 11) is 0. The second-order valence-corrected chi connectivity index (χ2v) is 11.2. The summed E-state index contributed by atoms with van der Waals surface area (Å²) in [6, 6.07) is 13.2. The molecule has 0 aliphatic heterocycles. The Labute approximate surface area is 215 Å². The lowest BCUT2D eigenvalue weighted by Gasteiger charge is -2.50. The summed E-state index contributed by atoms with van der Waals surface area (Å²) in [6.45, 7) is 8.42. The minimum atomic E-state index is -0.353. The first-order valence-corrected chi connectivity index (χ1v) is 13.6.